The van der Waals surface area contributed by atoms with Gasteiger partial charge in [-0.1, -0.05) is 42.1 Å². The Labute approximate surface area is 145 Å². The molecule has 0 atom stereocenters. The number of amides is 2. The van der Waals surface area contributed by atoms with Crippen molar-refractivity contribution < 1.29 is 9.59 Å². The molecule has 1 N–H and O–H groups in total. The maximum atomic E-state index is 12.1. The minimum atomic E-state index is -0.0461. The molecule has 1 fully saturated rings. The SMILES string of the molecule is O=C(CCN1CCSC1=O)Nc1ccc2c(c1)Cc1ccccc1-2. The van der Waals surface area contributed by atoms with Crippen molar-refractivity contribution >= 4 is 28.6 Å². The molecule has 2 aliphatic rings. The van der Waals surface area contributed by atoms with Crippen LogP contribution in [0.4, 0.5) is 10.5 Å². The van der Waals surface area contributed by atoms with Crippen LogP contribution in [0.2, 0.25) is 0 Å². The monoisotopic (exact) mass is 338 g/mol. The van der Waals surface area contributed by atoms with Crippen LogP contribution in [0.15, 0.2) is 42.5 Å². The second-order valence-corrected chi connectivity index (χ2v) is 7.15. The van der Waals surface area contributed by atoms with E-state index in [2.05, 4.69) is 41.7 Å². The molecule has 1 aliphatic heterocycles. The van der Waals surface area contributed by atoms with E-state index in [0.29, 0.717) is 13.0 Å². The fourth-order valence-corrected chi connectivity index (χ4v) is 4.16. The first kappa shape index (κ1) is 15.3. The van der Waals surface area contributed by atoms with Gasteiger partial charge in [-0.25, -0.2) is 0 Å². The van der Waals surface area contributed by atoms with E-state index in [9.17, 15) is 9.59 Å². The number of benzene rings is 2. The lowest BCUT2D eigenvalue weighted by atomic mass is 10.1. The van der Waals surface area contributed by atoms with E-state index in [4.69, 9.17) is 0 Å². The van der Waals surface area contributed by atoms with Crippen molar-refractivity contribution in [1.82, 2.24) is 4.90 Å². The van der Waals surface area contributed by atoms with Gasteiger partial charge in [-0.05, 0) is 40.8 Å². The lowest BCUT2D eigenvalue weighted by molar-refractivity contribution is -0.116. The van der Waals surface area contributed by atoms with Gasteiger partial charge in [-0.2, -0.15) is 0 Å². The largest absolute Gasteiger partial charge is 0.332 e. The van der Waals surface area contributed by atoms with E-state index in [1.807, 2.05) is 6.07 Å². The molecule has 2 aromatic rings. The maximum absolute atomic E-state index is 12.1. The number of carbonyl (C=O) groups excluding carboxylic acids is 2. The first-order valence-electron chi connectivity index (χ1n) is 8.13. The van der Waals surface area contributed by atoms with Crippen LogP contribution in [0.1, 0.15) is 17.5 Å². The summed E-state index contributed by atoms with van der Waals surface area (Å²) >= 11 is 1.32. The van der Waals surface area contributed by atoms with Gasteiger partial charge in [0.25, 0.3) is 5.24 Å². The van der Waals surface area contributed by atoms with Gasteiger partial charge in [-0.3, -0.25) is 9.59 Å². The molecule has 122 valence electrons. The Hall–Kier alpha value is -2.27. The standard InChI is InChI=1S/C19H18N2O2S/c22-18(7-8-21-9-10-24-19(21)23)20-15-5-6-17-14(12-15)11-13-3-1-2-4-16(13)17/h1-6,12H,7-11H2,(H,20,22). The Balaban J connectivity index is 1.40. The van der Waals surface area contributed by atoms with E-state index in [1.165, 1.54) is 34.0 Å². The third kappa shape index (κ3) is 2.91. The van der Waals surface area contributed by atoms with Gasteiger partial charge < -0.3 is 10.2 Å². The summed E-state index contributed by atoms with van der Waals surface area (Å²) in [6, 6.07) is 14.5. The summed E-state index contributed by atoms with van der Waals surface area (Å²) in [7, 11) is 0. The van der Waals surface area contributed by atoms with Crippen molar-refractivity contribution in [2.24, 2.45) is 0 Å². The summed E-state index contributed by atoms with van der Waals surface area (Å²) in [5.74, 6) is 0.779. The Morgan fingerprint density at radius 2 is 1.96 bits per heavy atom. The normalized spacial score (nSPS) is 15.3. The third-order valence-electron chi connectivity index (χ3n) is 4.53. The quantitative estimate of drug-likeness (QED) is 0.788. The van der Waals surface area contributed by atoms with E-state index in [-0.39, 0.29) is 11.1 Å². The van der Waals surface area contributed by atoms with Crippen LogP contribution >= 0.6 is 11.8 Å². The first-order valence-corrected chi connectivity index (χ1v) is 9.12. The molecule has 0 spiro atoms. The summed E-state index contributed by atoms with van der Waals surface area (Å²) in [5.41, 5.74) is 5.95. The molecule has 0 bridgehead atoms. The number of rotatable bonds is 4. The molecule has 1 saturated heterocycles. The molecule has 2 aromatic carbocycles. The molecule has 1 aliphatic carbocycles. The Morgan fingerprint density at radius 3 is 2.79 bits per heavy atom. The van der Waals surface area contributed by atoms with Gasteiger partial charge >= 0.3 is 0 Å². The predicted octanol–water partition coefficient (Wildman–Crippen LogP) is 3.76. The van der Waals surface area contributed by atoms with Crippen molar-refractivity contribution in [2.75, 3.05) is 24.2 Å². The van der Waals surface area contributed by atoms with Crippen molar-refractivity contribution in [3.05, 3.63) is 53.6 Å². The van der Waals surface area contributed by atoms with Gasteiger partial charge in [0.05, 0.1) is 0 Å². The zero-order chi connectivity index (χ0) is 16.5. The van der Waals surface area contributed by atoms with Crippen molar-refractivity contribution in [3.8, 4) is 11.1 Å². The van der Waals surface area contributed by atoms with Crippen LogP contribution in [0.3, 0.4) is 0 Å². The predicted molar refractivity (Wildman–Crippen MR) is 97.4 cm³/mol. The summed E-state index contributed by atoms with van der Waals surface area (Å²) in [6.07, 6.45) is 1.25. The van der Waals surface area contributed by atoms with E-state index in [0.717, 1.165) is 24.4 Å². The lowest BCUT2D eigenvalue weighted by Gasteiger charge is -2.14. The number of hydrogen-bond acceptors (Lipinski definition) is 3. The Morgan fingerprint density at radius 1 is 1.12 bits per heavy atom. The topological polar surface area (TPSA) is 49.4 Å². The van der Waals surface area contributed by atoms with Gasteiger partial charge in [-0.15, -0.1) is 0 Å². The number of nitrogens with one attached hydrogen (secondary N) is 1. The highest BCUT2D eigenvalue weighted by Crippen LogP contribution is 2.37. The minimum Gasteiger partial charge on any atom is -0.332 e. The maximum Gasteiger partial charge on any atom is 0.281 e. The first-order chi connectivity index (χ1) is 11.7. The summed E-state index contributed by atoms with van der Waals surface area (Å²) < 4.78 is 0. The fourth-order valence-electron chi connectivity index (χ4n) is 3.31. The highest BCUT2D eigenvalue weighted by Gasteiger charge is 2.22. The number of thioether (sulfide) groups is 1. The van der Waals surface area contributed by atoms with Crippen LogP contribution in [0, 0.1) is 0 Å². The molecule has 4 rings (SSSR count). The van der Waals surface area contributed by atoms with Crippen LogP contribution in [0.5, 0.6) is 0 Å². The molecule has 5 heteroatoms. The molecule has 0 unspecified atom stereocenters. The average molecular weight is 338 g/mol. The zero-order valence-electron chi connectivity index (χ0n) is 13.2. The molecule has 0 saturated carbocycles. The number of fused-ring (bicyclic) bond motifs is 3. The van der Waals surface area contributed by atoms with Crippen molar-refractivity contribution in [2.45, 2.75) is 12.8 Å². The summed E-state index contributed by atoms with van der Waals surface area (Å²) in [4.78, 5) is 25.4. The molecule has 0 radical (unpaired) electrons. The van der Waals surface area contributed by atoms with E-state index in [1.54, 1.807) is 4.90 Å². The zero-order valence-corrected chi connectivity index (χ0v) is 14.1. The molecule has 2 amide bonds. The average Bonchev–Trinajstić information content (AvgIpc) is 3.15. The smallest absolute Gasteiger partial charge is 0.281 e. The van der Waals surface area contributed by atoms with Gasteiger partial charge in [0, 0.05) is 31.0 Å². The van der Waals surface area contributed by atoms with E-state index >= 15 is 0 Å². The number of carbonyl (C=O) groups is 2. The second-order valence-electron chi connectivity index (χ2n) is 6.11. The molecule has 1 heterocycles. The van der Waals surface area contributed by atoms with E-state index < -0.39 is 0 Å². The molecular weight excluding hydrogens is 320 g/mol. The van der Waals surface area contributed by atoms with Crippen molar-refractivity contribution in [3.63, 3.8) is 0 Å². The highest BCUT2D eigenvalue weighted by atomic mass is 32.2. The van der Waals surface area contributed by atoms with Crippen LogP contribution in [0.25, 0.3) is 11.1 Å². The van der Waals surface area contributed by atoms with Gasteiger partial charge in [0.15, 0.2) is 0 Å². The number of hydrogen-bond donors (Lipinski definition) is 1. The fraction of sp³-hybridized carbons (Fsp3) is 0.263. The molecule has 0 aromatic heterocycles. The Kier molecular flexibility index (Phi) is 4.02. The summed E-state index contributed by atoms with van der Waals surface area (Å²) in [6.45, 7) is 1.24. The molecule has 24 heavy (non-hydrogen) atoms. The molecule has 4 nitrogen and oxygen atoms in total. The Bertz CT molecular complexity index is 819. The van der Waals surface area contributed by atoms with Gasteiger partial charge in [0.1, 0.15) is 0 Å². The number of anilines is 1. The van der Waals surface area contributed by atoms with Crippen LogP contribution in [-0.4, -0.2) is 34.9 Å². The van der Waals surface area contributed by atoms with Crippen molar-refractivity contribution in [1.29, 1.82) is 0 Å². The number of nitrogens with zero attached hydrogens (tertiary/aromatic N) is 1. The lowest BCUT2D eigenvalue weighted by Crippen LogP contribution is -2.27. The minimum absolute atomic E-state index is 0.0461. The molecular formula is C19H18N2O2S. The highest BCUT2D eigenvalue weighted by molar-refractivity contribution is 8.13. The third-order valence-corrected chi connectivity index (χ3v) is 5.42. The van der Waals surface area contributed by atoms with Crippen LogP contribution in [-0.2, 0) is 11.2 Å². The second kappa shape index (κ2) is 6.32. The van der Waals surface area contributed by atoms with Gasteiger partial charge in [0.2, 0.25) is 5.91 Å². The summed E-state index contributed by atoms with van der Waals surface area (Å²) in [5, 5.41) is 3.04. The van der Waals surface area contributed by atoms with Crippen LogP contribution < -0.4 is 5.32 Å².